The normalized spacial score (nSPS) is 16.5. The lowest BCUT2D eigenvalue weighted by atomic mass is 9.88. The maximum Gasteiger partial charge on any atom is 0.270 e. The Morgan fingerprint density at radius 1 is 1.09 bits per heavy atom. The molecule has 2 aliphatic rings. The highest BCUT2D eigenvalue weighted by Crippen LogP contribution is 2.51. The molecule has 0 bridgehead atoms. The minimum atomic E-state index is -0.601. The average Bonchev–Trinajstić information content (AvgIpc) is 3.76. The maximum absolute atomic E-state index is 13.6. The van der Waals surface area contributed by atoms with Crippen molar-refractivity contribution in [2.75, 3.05) is 5.32 Å². The second-order valence-corrected chi connectivity index (χ2v) is 10.2. The van der Waals surface area contributed by atoms with Gasteiger partial charge >= 0.3 is 0 Å². The zero-order chi connectivity index (χ0) is 24.7. The lowest BCUT2D eigenvalue weighted by molar-refractivity contribution is -0.119. The largest absolute Gasteiger partial charge is 0.339 e. The summed E-state index contributed by atoms with van der Waals surface area (Å²) in [5, 5.41) is 17.6. The van der Waals surface area contributed by atoms with Crippen molar-refractivity contribution in [2.24, 2.45) is 17.8 Å². The van der Waals surface area contributed by atoms with Gasteiger partial charge in [0.15, 0.2) is 0 Å². The Morgan fingerprint density at radius 2 is 1.80 bits per heavy atom. The molecule has 1 atom stereocenters. The smallest absolute Gasteiger partial charge is 0.270 e. The molecule has 2 saturated carbocycles. The first-order chi connectivity index (χ1) is 16.8. The standard InChI is InChI=1S/C26H33N7O2/c1-14(2)33-21(11-12-28-33)25(34)30-24(23(17-5-6-17)18-7-8-18)26(35)29-19-9-10-20(27-13-19)22-15(3)31-32-16(22)4/h9-14,17-18,23-24H,5-8H2,1-4H3,(H,29,35)(H,30,34)(H,31,32)/t24-/m0/s1. The lowest BCUT2D eigenvalue weighted by Crippen LogP contribution is -2.50. The predicted octanol–water partition coefficient (Wildman–Crippen LogP) is 4.04. The van der Waals surface area contributed by atoms with Crippen LogP contribution in [0.15, 0.2) is 30.6 Å². The van der Waals surface area contributed by atoms with Gasteiger partial charge in [-0.3, -0.25) is 24.4 Å². The van der Waals surface area contributed by atoms with E-state index in [4.69, 9.17) is 0 Å². The number of anilines is 1. The summed E-state index contributed by atoms with van der Waals surface area (Å²) in [5.74, 6) is 0.671. The highest BCUT2D eigenvalue weighted by Gasteiger charge is 2.48. The molecule has 9 heteroatoms. The zero-order valence-corrected chi connectivity index (χ0v) is 20.7. The van der Waals surface area contributed by atoms with E-state index < -0.39 is 6.04 Å². The molecule has 3 aromatic heterocycles. The van der Waals surface area contributed by atoms with Crippen LogP contribution in [0.1, 0.15) is 67.4 Å². The van der Waals surface area contributed by atoms with Crippen molar-refractivity contribution in [2.45, 2.75) is 65.5 Å². The number of carbonyl (C=O) groups is 2. The summed E-state index contributed by atoms with van der Waals surface area (Å²) in [7, 11) is 0. The monoisotopic (exact) mass is 475 g/mol. The van der Waals surface area contributed by atoms with Gasteiger partial charge < -0.3 is 10.6 Å². The average molecular weight is 476 g/mol. The van der Waals surface area contributed by atoms with Gasteiger partial charge in [0.25, 0.3) is 5.91 Å². The van der Waals surface area contributed by atoms with Crippen LogP contribution < -0.4 is 10.6 Å². The van der Waals surface area contributed by atoms with Gasteiger partial charge in [0.2, 0.25) is 5.91 Å². The van der Waals surface area contributed by atoms with E-state index in [-0.39, 0.29) is 23.8 Å². The Balaban J connectivity index is 1.36. The summed E-state index contributed by atoms with van der Waals surface area (Å²) in [6.45, 7) is 7.86. The molecule has 2 amide bonds. The first-order valence-electron chi connectivity index (χ1n) is 12.5. The van der Waals surface area contributed by atoms with E-state index >= 15 is 0 Å². The Bertz CT molecular complexity index is 1190. The Labute approximate surface area is 205 Å². The van der Waals surface area contributed by atoms with Crippen molar-refractivity contribution in [1.82, 2.24) is 30.3 Å². The molecule has 3 aromatic rings. The van der Waals surface area contributed by atoms with Crippen molar-refractivity contribution in [3.05, 3.63) is 47.7 Å². The SMILES string of the molecule is Cc1n[nH]c(C)c1-c1ccc(NC(=O)[C@@H](NC(=O)c2ccnn2C(C)C)C(C2CC2)C2CC2)cn1. The summed E-state index contributed by atoms with van der Waals surface area (Å²) in [4.78, 5) is 31.4. The second-order valence-electron chi connectivity index (χ2n) is 10.2. The third-order valence-electron chi connectivity index (χ3n) is 7.09. The van der Waals surface area contributed by atoms with Crippen LogP contribution in [0.2, 0.25) is 0 Å². The van der Waals surface area contributed by atoms with Crippen LogP contribution in [0.25, 0.3) is 11.3 Å². The molecule has 0 spiro atoms. The number of amides is 2. The number of hydrogen-bond donors (Lipinski definition) is 3. The molecule has 3 N–H and O–H groups in total. The molecular weight excluding hydrogens is 442 g/mol. The number of aromatic nitrogens is 5. The topological polar surface area (TPSA) is 118 Å². The van der Waals surface area contributed by atoms with E-state index in [0.29, 0.717) is 23.2 Å². The van der Waals surface area contributed by atoms with Gasteiger partial charge in [-0.05, 0) is 89.3 Å². The highest BCUT2D eigenvalue weighted by atomic mass is 16.2. The van der Waals surface area contributed by atoms with E-state index in [0.717, 1.165) is 48.3 Å². The van der Waals surface area contributed by atoms with E-state index in [1.54, 1.807) is 23.1 Å². The predicted molar refractivity (Wildman–Crippen MR) is 133 cm³/mol. The molecule has 0 aromatic carbocycles. The molecule has 0 radical (unpaired) electrons. The minimum absolute atomic E-state index is 0.0489. The summed E-state index contributed by atoms with van der Waals surface area (Å²) in [5.41, 5.74) is 4.68. The van der Waals surface area contributed by atoms with Gasteiger partial charge in [0.1, 0.15) is 11.7 Å². The third-order valence-corrected chi connectivity index (χ3v) is 7.09. The van der Waals surface area contributed by atoms with E-state index in [2.05, 4.69) is 30.9 Å². The molecule has 0 aliphatic heterocycles. The minimum Gasteiger partial charge on any atom is -0.339 e. The van der Waals surface area contributed by atoms with Crippen LogP contribution in [0, 0.1) is 31.6 Å². The maximum atomic E-state index is 13.6. The quantitative estimate of drug-likeness (QED) is 0.432. The number of aryl methyl sites for hydroxylation is 2. The molecule has 35 heavy (non-hydrogen) atoms. The number of carbonyl (C=O) groups excluding carboxylic acids is 2. The molecule has 184 valence electrons. The fourth-order valence-electron chi connectivity index (χ4n) is 5.11. The fraction of sp³-hybridized carbons (Fsp3) is 0.500. The number of nitrogens with zero attached hydrogens (tertiary/aromatic N) is 4. The molecule has 9 nitrogen and oxygen atoms in total. The van der Waals surface area contributed by atoms with Crippen LogP contribution in [0.3, 0.4) is 0 Å². The molecule has 0 saturated heterocycles. The summed E-state index contributed by atoms with van der Waals surface area (Å²) < 4.78 is 1.69. The summed E-state index contributed by atoms with van der Waals surface area (Å²) in [6, 6.07) is 4.89. The van der Waals surface area contributed by atoms with Gasteiger partial charge in [-0.25, -0.2) is 0 Å². The number of H-pyrrole nitrogens is 1. The van der Waals surface area contributed by atoms with Crippen LogP contribution in [0.4, 0.5) is 5.69 Å². The first-order valence-corrected chi connectivity index (χ1v) is 12.5. The van der Waals surface area contributed by atoms with Crippen molar-refractivity contribution in [3.8, 4) is 11.3 Å². The van der Waals surface area contributed by atoms with Crippen LogP contribution in [-0.2, 0) is 4.79 Å². The Kier molecular flexibility index (Phi) is 6.17. The number of rotatable bonds is 9. The number of hydrogen-bond acceptors (Lipinski definition) is 5. The number of pyridine rings is 1. The third kappa shape index (κ3) is 4.85. The van der Waals surface area contributed by atoms with Crippen LogP contribution in [-0.4, -0.2) is 42.8 Å². The highest BCUT2D eigenvalue weighted by molar-refractivity contribution is 6.00. The van der Waals surface area contributed by atoms with Crippen molar-refractivity contribution >= 4 is 17.5 Å². The molecule has 2 fully saturated rings. The summed E-state index contributed by atoms with van der Waals surface area (Å²) >= 11 is 0. The van der Waals surface area contributed by atoms with Gasteiger partial charge in [-0.15, -0.1) is 0 Å². The van der Waals surface area contributed by atoms with Crippen molar-refractivity contribution in [3.63, 3.8) is 0 Å². The number of nitrogens with one attached hydrogen (secondary N) is 3. The van der Waals surface area contributed by atoms with Crippen molar-refractivity contribution in [1.29, 1.82) is 0 Å². The van der Waals surface area contributed by atoms with E-state index in [1.165, 1.54) is 0 Å². The second kappa shape index (κ2) is 9.28. The van der Waals surface area contributed by atoms with Gasteiger partial charge in [-0.2, -0.15) is 10.2 Å². The van der Waals surface area contributed by atoms with E-state index in [9.17, 15) is 9.59 Å². The van der Waals surface area contributed by atoms with Crippen molar-refractivity contribution < 1.29 is 9.59 Å². The molecule has 2 aliphatic carbocycles. The Morgan fingerprint density at radius 3 is 2.34 bits per heavy atom. The first kappa shape index (κ1) is 23.3. The van der Waals surface area contributed by atoms with E-state index in [1.807, 2.05) is 39.8 Å². The summed E-state index contributed by atoms with van der Waals surface area (Å²) in [6.07, 6.45) is 7.75. The van der Waals surface area contributed by atoms with Gasteiger partial charge in [0, 0.05) is 23.5 Å². The molecule has 5 rings (SSSR count). The van der Waals surface area contributed by atoms with Gasteiger partial charge in [0.05, 0.1) is 23.3 Å². The zero-order valence-electron chi connectivity index (χ0n) is 20.7. The van der Waals surface area contributed by atoms with Crippen LogP contribution in [0.5, 0.6) is 0 Å². The van der Waals surface area contributed by atoms with Crippen LogP contribution >= 0.6 is 0 Å². The molecular formula is C26H33N7O2. The molecule has 3 heterocycles. The lowest BCUT2D eigenvalue weighted by Gasteiger charge is -2.27. The number of aromatic amines is 1. The fourth-order valence-corrected chi connectivity index (χ4v) is 5.11. The van der Waals surface area contributed by atoms with Gasteiger partial charge in [-0.1, -0.05) is 0 Å². The Hall–Kier alpha value is -3.49. The molecule has 0 unspecified atom stereocenters.